The summed E-state index contributed by atoms with van der Waals surface area (Å²) < 4.78 is 29.0. The third-order valence-electron chi connectivity index (χ3n) is 2.32. The maximum absolute atomic E-state index is 12.0. The topological polar surface area (TPSA) is 43.4 Å². The van der Waals surface area contributed by atoms with Crippen LogP contribution in [0.25, 0.3) is 0 Å². The first-order valence-corrected chi connectivity index (χ1v) is 7.03. The summed E-state index contributed by atoms with van der Waals surface area (Å²) in [5.74, 6) is 0.139. The van der Waals surface area contributed by atoms with E-state index in [1.807, 2.05) is 6.92 Å². The van der Waals surface area contributed by atoms with Gasteiger partial charge in [-0.3, -0.25) is 0 Å². The minimum Gasteiger partial charge on any atom is -0.377 e. The minimum absolute atomic E-state index is 0.0996. The number of hydrogen-bond acceptors (Lipinski definition) is 3. The lowest BCUT2D eigenvalue weighted by Gasteiger charge is -2.08. The van der Waals surface area contributed by atoms with E-state index in [-0.39, 0.29) is 15.7 Å². The summed E-state index contributed by atoms with van der Waals surface area (Å²) in [5.41, 5.74) is 0.873. The van der Waals surface area contributed by atoms with Crippen LogP contribution < -0.4 is 4.18 Å². The third kappa shape index (κ3) is 2.83. The normalized spacial score (nSPS) is 11.2. The number of benzene rings is 2. The van der Waals surface area contributed by atoms with Crippen molar-refractivity contribution in [3.8, 4) is 5.75 Å². The summed E-state index contributed by atoms with van der Waals surface area (Å²) in [7, 11) is -3.84. The molecule has 94 valence electrons. The first-order chi connectivity index (χ1) is 8.49. The summed E-state index contributed by atoms with van der Waals surface area (Å²) in [5, 5.41) is 0.264. The predicted molar refractivity (Wildman–Crippen MR) is 70.4 cm³/mol. The molecule has 0 aliphatic heterocycles. The SMILES string of the molecule is Cc1ccc(Cl)c(OS(=O)(=O)c2ccccc2)c1. The highest BCUT2D eigenvalue weighted by Crippen LogP contribution is 2.28. The van der Waals surface area contributed by atoms with E-state index in [2.05, 4.69) is 0 Å². The zero-order valence-corrected chi connectivity index (χ0v) is 11.2. The molecule has 0 unspecified atom stereocenters. The standard InChI is InChI=1S/C13H11ClO3S/c1-10-7-8-12(14)13(9-10)17-18(15,16)11-5-3-2-4-6-11/h2-9H,1H3. The average molecular weight is 283 g/mol. The van der Waals surface area contributed by atoms with Gasteiger partial charge in [0.15, 0.2) is 5.75 Å². The molecule has 0 spiro atoms. The van der Waals surface area contributed by atoms with Crippen LogP contribution in [0.2, 0.25) is 5.02 Å². The molecule has 2 rings (SSSR count). The molecule has 5 heteroatoms. The van der Waals surface area contributed by atoms with Crippen LogP contribution in [0.3, 0.4) is 0 Å². The molecular formula is C13H11ClO3S. The van der Waals surface area contributed by atoms with Crippen LogP contribution in [0.4, 0.5) is 0 Å². The fourth-order valence-electron chi connectivity index (χ4n) is 1.43. The smallest absolute Gasteiger partial charge is 0.339 e. The zero-order chi connectivity index (χ0) is 13.2. The second-order valence-corrected chi connectivity index (χ2v) is 5.74. The molecule has 0 aromatic heterocycles. The summed E-state index contributed by atoms with van der Waals surface area (Å²) in [6.45, 7) is 1.83. The molecule has 0 atom stereocenters. The molecule has 0 radical (unpaired) electrons. The van der Waals surface area contributed by atoms with Crippen LogP contribution in [0.15, 0.2) is 53.4 Å². The minimum atomic E-state index is -3.84. The van der Waals surface area contributed by atoms with Gasteiger partial charge < -0.3 is 4.18 Å². The molecule has 0 aliphatic carbocycles. The van der Waals surface area contributed by atoms with Gasteiger partial charge in [-0.1, -0.05) is 35.9 Å². The molecular weight excluding hydrogens is 272 g/mol. The van der Waals surface area contributed by atoms with Gasteiger partial charge in [-0.25, -0.2) is 0 Å². The highest BCUT2D eigenvalue weighted by Gasteiger charge is 2.17. The van der Waals surface area contributed by atoms with Crippen LogP contribution in [0.1, 0.15) is 5.56 Å². The molecule has 2 aromatic rings. The summed E-state index contributed by atoms with van der Waals surface area (Å²) >= 11 is 5.90. The van der Waals surface area contributed by atoms with Crippen LogP contribution in [-0.2, 0) is 10.1 Å². The lowest BCUT2D eigenvalue weighted by Crippen LogP contribution is -2.09. The van der Waals surface area contributed by atoms with Crippen molar-refractivity contribution in [2.24, 2.45) is 0 Å². The molecule has 2 aromatic carbocycles. The van der Waals surface area contributed by atoms with Crippen LogP contribution in [0.5, 0.6) is 5.75 Å². The van der Waals surface area contributed by atoms with Gasteiger partial charge in [-0.15, -0.1) is 0 Å². The van der Waals surface area contributed by atoms with Crippen molar-refractivity contribution in [1.29, 1.82) is 0 Å². The van der Waals surface area contributed by atoms with E-state index in [1.165, 1.54) is 12.1 Å². The molecule has 3 nitrogen and oxygen atoms in total. The Morgan fingerprint density at radius 3 is 2.39 bits per heavy atom. The van der Waals surface area contributed by atoms with E-state index in [1.54, 1.807) is 36.4 Å². The van der Waals surface area contributed by atoms with Gasteiger partial charge in [0.05, 0.1) is 5.02 Å². The van der Waals surface area contributed by atoms with Crippen LogP contribution in [0, 0.1) is 6.92 Å². The Hall–Kier alpha value is -1.52. The van der Waals surface area contributed by atoms with E-state index in [0.29, 0.717) is 0 Å². The molecule has 0 amide bonds. The molecule has 0 heterocycles. The fraction of sp³-hybridized carbons (Fsp3) is 0.0769. The third-order valence-corrected chi connectivity index (χ3v) is 3.88. The maximum Gasteiger partial charge on any atom is 0.339 e. The molecule has 0 aliphatic rings. The molecule has 0 saturated carbocycles. The molecule has 18 heavy (non-hydrogen) atoms. The van der Waals surface area contributed by atoms with Gasteiger partial charge in [-0.2, -0.15) is 8.42 Å². The Labute approximate surface area is 111 Å². The Balaban J connectivity index is 2.37. The monoisotopic (exact) mass is 282 g/mol. The van der Waals surface area contributed by atoms with Gasteiger partial charge in [0, 0.05) is 0 Å². The Bertz CT molecular complexity index is 651. The Morgan fingerprint density at radius 1 is 1.06 bits per heavy atom. The number of aryl methyl sites for hydroxylation is 1. The molecule has 0 bridgehead atoms. The summed E-state index contributed by atoms with van der Waals surface area (Å²) in [6, 6.07) is 12.9. The van der Waals surface area contributed by atoms with E-state index in [4.69, 9.17) is 15.8 Å². The van der Waals surface area contributed by atoms with Gasteiger partial charge in [0.1, 0.15) is 4.90 Å². The van der Waals surface area contributed by atoms with Crippen molar-refractivity contribution in [1.82, 2.24) is 0 Å². The number of hydrogen-bond donors (Lipinski definition) is 0. The zero-order valence-electron chi connectivity index (χ0n) is 9.63. The van der Waals surface area contributed by atoms with Gasteiger partial charge in [0.25, 0.3) is 0 Å². The van der Waals surface area contributed by atoms with Crippen molar-refractivity contribution in [2.75, 3.05) is 0 Å². The molecule has 0 N–H and O–H groups in total. The second kappa shape index (κ2) is 5.00. The quantitative estimate of drug-likeness (QED) is 0.810. The van der Waals surface area contributed by atoms with Crippen molar-refractivity contribution >= 4 is 21.7 Å². The summed E-state index contributed by atoms with van der Waals surface area (Å²) in [6.07, 6.45) is 0. The first kappa shape index (κ1) is 12.9. The molecule has 0 fully saturated rings. The van der Waals surface area contributed by atoms with E-state index in [0.717, 1.165) is 5.56 Å². The van der Waals surface area contributed by atoms with Crippen molar-refractivity contribution in [3.63, 3.8) is 0 Å². The fourth-order valence-corrected chi connectivity index (χ4v) is 2.59. The lowest BCUT2D eigenvalue weighted by atomic mass is 10.2. The lowest BCUT2D eigenvalue weighted by molar-refractivity contribution is 0.486. The predicted octanol–water partition coefficient (Wildman–Crippen LogP) is 3.42. The maximum atomic E-state index is 12.0. The average Bonchev–Trinajstić information content (AvgIpc) is 2.35. The van der Waals surface area contributed by atoms with Gasteiger partial charge >= 0.3 is 10.1 Å². The van der Waals surface area contributed by atoms with Gasteiger partial charge in [-0.05, 0) is 36.8 Å². The Morgan fingerprint density at radius 2 is 1.72 bits per heavy atom. The van der Waals surface area contributed by atoms with E-state index < -0.39 is 10.1 Å². The summed E-state index contributed by atoms with van der Waals surface area (Å²) in [4.78, 5) is 0.0996. The van der Waals surface area contributed by atoms with Crippen molar-refractivity contribution in [2.45, 2.75) is 11.8 Å². The number of halogens is 1. The van der Waals surface area contributed by atoms with Crippen LogP contribution in [-0.4, -0.2) is 8.42 Å². The van der Waals surface area contributed by atoms with E-state index in [9.17, 15) is 8.42 Å². The number of rotatable bonds is 3. The largest absolute Gasteiger partial charge is 0.377 e. The van der Waals surface area contributed by atoms with Gasteiger partial charge in [0.2, 0.25) is 0 Å². The molecule has 0 saturated heterocycles. The first-order valence-electron chi connectivity index (χ1n) is 5.25. The second-order valence-electron chi connectivity index (χ2n) is 3.78. The van der Waals surface area contributed by atoms with Crippen molar-refractivity contribution in [3.05, 3.63) is 59.1 Å². The van der Waals surface area contributed by atoms with Crippen molar-refractivity contribution < 1.29 is 12.6 Å². The van der Waals surface area contributed by atoms with E-state index >= 15 is 0 Å². The van der Waals surface area contributed by atoms with Crippen LogP contribution >= 0.6 is 11.6 Å². The highest BCUT2D eigenvalue weighted by molar-refractivity contribution is 7.87. The Kier molecular flexibility index (Phi) is 3.59. The highest BCUT2D eigenvalue weighted by atomic mass is 35.5.